The average molecular weight is 430 g/mol. The van der Waals surface area contributed by atoms with Crippen molar-refractivity contribution in [2.45, 2.75) is 19.4 Å². The average Bonchev–Trinajstić information content (AvgIpc) is 3.40. The maximum absolute atomic E-state index is 14.4. The fourth-order valence-corrected chi connectivity index (χ4v) is 4.36. The Labute approximate surface area is 184 Å². The lowest BCUT2D eigenvalue weighted by Gasteiger charge is -2.24. The molecule has 1 aliphatic heterocycles. The number of hydrogen-bond acceptors (Lipinski definition) is 5. The van der Waals surface area contributed by atoms with E-state index in [1.165, 1.54) is 6.07 Å². The number of aryl methyl sites for hydroxylation is 1. The minimum Gasteiger partial charge on any atom is -0.369 e. The van der Waals surface area contributed by atoms with Crippen molar-refractivity contribution in [2.75, 3.05) is 18.0 Å². The predicted molar refractivity (Wildman–Crippen MR) is 123 cm³/mol. The van der Waals surface area contributed by atoms with Crippen LogP contribution in [0.5, 0.6) is 0 Å². The number of primary amides is 1. The smallest absolute Gasteiger partial charge is 0.248 e. The first-order valence-electron chi connectivity index (χ1n) is 10.5. The van der Waals surface area contributed by atoms with Crippen LogP contribution in [0.4, 0.5) is 10.1 Å². The number of amides is 1. The highest BCUT2D eigenvalue weighted by atomic mass is 19.1. The summed E-state index contributed by atoms with van der Waals surface area (Å²) >= 11 is 0. The first kappa shape index (κ1) is 20.1. The van der Waals surface area contributed by atoms with E-state index in [4.69, 9.17) is 16.5 Å². The summed E-state index contributed by atoms with van der Waals surface area (Å²) in [5.74, 6) is -0.553. The van der Waals surface area contributed by atoms with Gasteiger partial charge in [0.2, 0.25) is 5.91 Å². The molecular formula is C24H23FN6O. The Hall–Kier alpha value is -3.78. The maximum Gasteiger partial charge on any atom is 0.248 e. The molecule has 8 heteroatoms. The van der Waals surface area contributed by atoms with Crippen LogP contribution >= 0.6 is 0 Å². The molecule has 162 valence electrons. The van der Waals surface area contributed by atoms with E-state index >= 15 is 0 Å². The van der Waals surface area contributed by atoms with E-state index in [-0.39, 0.29) is 11.6 Å². The molecule has 4 aromatic rings. The van der Waals surface area contributed by atoms with Gasteiger partial charge in [-0.25, -0.2) is 9.37 Å². The molecule has 2 aromatic carbocycles. The summed E-state index contributed by atoms with van der Waals surface area (Å²) in [4.78, 5) is 26.6. The summed E-state index contributed by atoms with van der Waals surface area (Å²) in [6, 6.07) is 10.1. The largest absolute Gasteiger partial charge is 0.369 e. The Bertz CT molecular complexity index is 1350. The Morgan fingerprint density at radius 2 is 2.03 bits per heavy atom. The number of carbonyl (C=O) groups excluding carboxylic acids is 1. The number of benzene rings is 2. The Balaban J connectivity index is 1.75. The van der Waals surface area contributed by atoms with Crippen molar-refractivity contribution < 1.29 is 9.18 Å². The number of hydrogen-bond donors (Lipinski definition) is 3. The number of nitrogens with zero attached hydrogens (tertiary/aromatic N) is 3. The van der Waals surface area contributed by atoms with Gasteiger partial charge in [-0.05, 0) is 48.7 Å². The van der Waals surface area contributed by atoms with Crippen LogP contribution < -0.4 is 16.4 Å². The van der Waals surface area contributed by atoms with Gasteiger partial charge >= 0.3 is 0 Å². The fraction of sp³-hybridized carbons (Fsp3) is 0.208. The first-order valence-corrected chi connectivity index (χ1v) is 10.5. The molecule has 0 bridgehead atoms. The van der Waals surface area contributed by atoms with Gasteiger partial charge in [0.15, 0.2) is 0 Å². The maximum atomic E-state index is 14.4. The normalized spacial score (nSPS) is 16.1. The third-order valence-electron chi connectivity index (χ3n) is 5.92. The Morgan fingerprint density at radius 1 is 1.22 bits per heavy atom. The van der Waals surface area contributed by atoms with Crippen LogP contribution in [0, 0.1) is 12.7 Å². The molecule has 2 aromatic heterocycles. The van der Waals surface area contributed by atoms with Crippen LogP contribution in [0.2, 0.25) is 0 Å². The van der Waals surface area contributed by atoms with Crippen molar-refractivity contribution in [3.8, 4) is 22.5 Å². The summed E-state index contributed by atoms with van der Waals surface area (Å²) in [6.45, 7) is 3.42. The highest BCUT2D eigenvalue weighted by Crippen LogP contribution is 2.40. The third-order valence-corrected chi connectivity index (χ3v) is 5.92. The zero-order valence-electron chi connectivity index (χ0n) is 17.6. The molecule has 1 fully saturated rings. The fourth-order valence-electron chi connectivity index (χ4n) is 4.36. The SMILES string of the molecule is Cc1cccc2[nH]c(-c3cncc(-c4cc(F)cc(C(N)=O)c4)c3N3CC[C@H](N)C3)nc12. The van der Waals surface area contributed by atoms with Crippen LogP contribution in [0.15, 0.2) is 48.8 Å². The van der Waals surface area contributed by atoms with E-state index in [1.807, 2.05) is 25.1 Å². The topological polar surface area (TPSA) is 114 Å². The summed E-state index contributed by atoms with van der Waals surface area (Å²) < 4.78 is 14.4. The van der Waals surface area contributed by atoms with Crippen LogP contribution in [0.1, 0.15) is 22.3 Å². The minimum atomic E-state index is -0.688. The van der Waals surface area contributed by atoms with Crippen LogP contribution in [0.25, 0.3) is 33.5 Å². The lowest BCUT2D eigenvalue weighted by molar-refractivity contribution is 0.1000. The van der Waals surface area contributed by atoms with Crippen molar-refractivity contribution in [2.24, 2.45) is 11.5 Å². The summed E-state index contributed by atoms with van der Waals surface area (Å²) in [6.07, 6.45) is 4.27. The van der Waals surface area contributed by atoms with Crippen molar-refractivity contribution in [1.29, 1.82) is 0 Å². The van der Waals surface area contributed by atoms with Crippen molar-refractivity contribution in [1.82, 2.24) is 15.0 Å². The predicted octanol–water partition coefficient (Wildman–Crippen LogP) is 3.38. The second-order valence-corrected chi connectivity index (χ2v) is 8.23. The third kappa shape index (κ3) is 3.48. The second-order valence-electron chi connectivity index (χ2n) is 8.23. The highest BCUT2D eigenvalue weighted by molar-refractivity contribution is 5.96. The molecule has 0 aliphatic carbocycles. The summed E-state index contributed by atoms with van der Waals surface area (Å²) in [5.41, 5.74) is 17.5. The van der Waals surface area contributed by atoms with Gasteiger partial charge in [0.25, 0.3) is 0 Å². The van der Waals surface area contributed by atoms with Gasteiger partial charge in [-0.2, -0.15) is 0 Å². The summed E-state index contributed by atoms with van der Waals surface area (Å²) in [7, 11) is 0. The number of nitrogens with two attached hydrogens (primary N) is 2. The van der Waals surface area contributed by atoms with Gasteiger partial charge in [0.05, 0.1) is 22.3 Å². The van der Waals surface area contributed by atoms with Crippen LogP contribution in [-0.2, 0) is 0 Å². The number of H-pyrrole nitrogens is 1. The van der Waals surface area contributed by atoms with Crippen molar-refractivity contribution in [3.63, 3.8) is 0 Å². The number of carbonyl (C=O) groups is 1. The number of nitrogens with one attached hydrogen (secondary N) is 1. The lowest BCUT2D eigenvalue weighted by atomic mass is 9.99. The molecule has 0 spiro atoms. The van der Waals surface area contributed by atoms with Crippen molar-refractivity contribution >= 4 is 22.6 Å². The Morgan fingerprint density at radius 3 is 2.75 bits per heavy atom. The molecule has 0 saturated carbocycles. The molecule has 7 nitrogen and oxygen atoms in total. The Kier molecular flexibility index (Phi) is 4.86. The van der Waals surface area contributed by atoms with Crippen LogP contribution in [0.3, 0.4) is 0 Å². The first-order chi connectivity index (χ1) is 15.4. The molecule has 1 saturated heterocycles. The molecule has 3 heterocycles. The number of aromatic nitrogens is 3. The van der Waals surface area contributed by atoms with Gasteiger partial charge in [-0.3, -0.25) is 9.78 Å². The minimum absolute atomic E-state index is 0.0375. The van der Waals surface area contributed by atoms with Gasteiger partial charge in [0, 0.05) is 42.7 Å². The highest BCUT2D eigenvalue weighted by Gasteiger charge is 2.27. The van der Waals surface area contributed by atoms with E-state index in [0.29, 0.717) is 23.5 Å². The molecule has 1 amide bonds. The molecule has 5 N–H and O–H groups in total. The zero-order valence-corrected chi connectivity index (χ0v) is 17.6. The number of imidazole rings is 1. The number of rotatable bonds is 4. The molecule has 1 aliphatic rings. The van der Waals surface area contributed by atoms with Crippen LogP contribution in [-0.4, -0.2) is 40.0 Å². The second kappa shape index (κ2) is 7.72. The van der Waals surface area contributed by atoms with Gasteiger partial charge < -0.3 is 21.4 Å². The lowest BCUT2D eigenvalue weighted by Crippen LogP contribution is -2.27. The summed E-state index contributed by atoms with van der Waals surface area (Å²) in [5, 5.41) is 0. The monoisotopic (exact) mass is 430 g/mol. The van der Waals surface area contributed by atoms with Crippen molar-refractivity contribution in [3.05, 3.63) is 65.7 Å². The molecular weight excluding hydrogens is 407 g/mol. The molecule has 0 unspecified atom stereocenters. The van der Waals surface area contributed by atoms with Gasteiger partial charge in [0.1, 0.15) is 11.6 Å². The number of para-hydroxylation sites is 1. The van der Waals surface area contributed by atoms with E-state index < -0.39 is 11.7 Å². The molecule has 32 heavy (non-hydrogen) atoms. The van der Waals surface area contributed by atoms with E-state index in [1.54, 1.807) is 18.5 Å². The standard InChI is InChI=1S/C24H23FN6O/c1-13-3-2-4-20-21(13)30-24(29-20)19-11-28-10-18(22(19)31-6-5-17(26)12-31)14-7-15(23(27)32)9-16(25)8-14/h2-4,7-11,17H,5-6,12,26H2,1H3,(H2,27,32)(H,29,30)/t17-/m0/s1. The number of halogens is 1. The van der Waals surface area contributed by atoms with Gasteiger partial charge in [-0.15, -0.1) is 0 Å². The van der Waals surface area contributed by atoms with E-state index in [0.717, 1.165) is 46.9 Å². The van der Waals surface area contributed by atoms with E-state index in [2.05, 4.69) is 14.9 Å². The number of aromatic amines is 1. The zero-order chi connectivity index (χ0) is 22.4. The van der Waals surface area contributed by atoms with E-state index in [9.17, 15) is 9.18 Å². The van der Waals surface area contributed by atoms with Gasteiger partial charge in [-0.1, -0.05) is 12.1 Å². The molecule has 0 radical (unpaired) electrons. The number of fused-ring (bicyclic) bond motifs is 1. The quantitative estimate of drug-likeness (QED) is 0.459. The number of anilines is 1. The molecule has 5 rings (SSSR count). The molecule has 1 atom stereocenters. The number of pyridine rings is 1.